The number of benzene rings is 1. The summed E-state index contributed by atoms with van der Waals surface area (Å²) in [5.41, 5.74) is 1.34. The van der Waals surface area contributed by atoms with Crippen molar-refractivity contribution in [1.82, 2.24) is 9.80 Å². The molecule has 0 atom stereocenters. The van der Waals surface area contributed by atoms with E-state index < -0.39 is 0 Å². The molecule has 3 rings (SSSR count). The normalized spacial score (nSPS) is 19.8. The first-order valence-corrected chi connectivity index (χ1v) is 8.40. The highest BCUT2D eigenvalue weighted by molar-refractivity contribution is 5.79. The molecule has 1 aliphatic carbocycles. The smallest absolute Gasteiger partial charge is 0.225 e. The topological polar surface area (TPSA) is 32.8 Å². The summed E-state index contributed by atoms with van der Waals surface area (Å²) in [7, 11) is 1.69. The maximum absolute atomic E-state index is 12.2. The van der Waals surface area contributed by atoms with Gasteiger partial charge < -0.3 is 9.64 Å². The molecule has 0 N–H and O–H groups in total. The molecule has 0 spiro atoms. The molecular formula is C18H26N2O2. The number of hydrogen-bond donors (Lipinski definition) is 0. The maximum Gasteiger partial charge on any atom is 0.225 e. The van der Waals surface area contributed by atoms with Gasteiger partial charge in [-0.25, -0.2) is 0 Å². The van der Waals surface area contributed by atoms with Crippen LogP contribution in [0.4, 0.5) is 0 Å². The molecule has 1 aromatic carbocycles. The van der Waals surface area contributed by atoms with Gasteiger partial charge in [0.15, 0.2) is 0 Å². The predicted octanol–water partition coefficient (Wildman–Crippen LogP) is 2.18. The van der Waals surface area contributed by atoms with Crippen molar-refractivity contribution < 1.29 is 9.53 Å². The van der Waals surface area contributed by atoms with Crippen molar-refractivity contribution in [2.24, 2.45) is 5.92 Å². The summed E-state index contributed by atoms with van der Waals surface area (Å²) >= 11 is 0. The number of methoxy groups -OCH3 is 1. The standard InChI is InChI=1S/C18H26N2O2/c1-22-17-7-5-15(6-8-17)9-10-19-11-13-20(14-12-19)18(21)16-3-2-4-16/h5-8,16H,2-4,9-14H2,1H3. The van der Waals surface area contributed by atoms with Gasteiger partial charge in [0.25, 0.3) is 0 Å². The molecule has 22 heavy (non-hydrogen) atoms. The van der Waals surface area contributed by atoms with E-state index in [9.17, 15) is 4.79 Å². The molecule has 0 radical (unpaired) electrons. The second kappa shape index (κ2) is 7.14. The van der Waals surface area contributed by atoms with Crippen LogP contribution in [-0.2, 0) is 11.2 Å². The minimum absolute atomic E-state index is 0.339. The van der Waals surface area contributed by atoms with Crippen LogP contribution in [0.3, 0.4) is 0 Å². The number of nitrogens with zero attached hydrogens (tertiary/aromatic N) is 2. The highest BCUT2D eigenvalue weighted by Crippen LogP contribution is 2.28. The molecule has 1 aromatic rings. The summed E-state index contributed by atoms with van der Waals surface area (Å²) in [5.74, 6) is 1.65. The van der Waals surface area contributed by atoms with E-state index in [1.165, 1.54) is 12.0 Å². The van der Waals surface area contributed by atoms with Gasteiger partial charge in [0.2, 0.25) is 5.91 Å². The van der Waals surface area contributed by atoms with Crippen LogP contribution in [0.1, 0.15) is 24.8 Å². The first kappa shape index (κ1) is 15.3. The van der Waals surface area contributed by atoms with E-state index in [1.807, 2.05) is 12.1 Å². The lowest BCUT2D eigenvalue weighted by molar-refractivity contribution is -0.139. The summed E-state index contributed by atoms with van der Waals surface area (Å²) in [6, 6.07) is 8.31. The Morgan fingerprint density at radius 2 is 1.82 bits per heavy atom. The van der Waals surface area contributed by atoms with Gasteiger partial charge in [-0.2, -0.15) is 0 Å². The Kier molecular flexibility index (Phi) is 4.98. The lowest BCUT2D eigenvalue weighted by atomic mass is 9.84. The van der Waals surface area contributed by atoms with E-state index in [0.717, 1.165) is 57.7 Å². The Morgan fingerprint density at radius 3 is 2.36 bits per heavy atom. The van der Waals surface area contributed by atoms with Gasteiger partial charge in [-0.3, -0.25) is 9.69 Å². The Labute approximate surface area is 133 Å². The van der Waals surface area contributed by atoms with Crippen molar-refractivity contribution in [2.45, 2.75) is 25.7 Å². The van der Waals surface area contributed by atoms with Crippen LogP contribution in [0, 0.1) is 5.92 Å². The molecule has 4 nitrogen and oxygen atoms in total. The summed E-state index contributed by atoms with van der Waals surface area (Å²) in [4.78, 5) is 16.8. The van der Waals surface area contributed by atoms with E-state index in [2.05, 4.69) is 21.9 Å². The second-order valence-electron chi connectivity index (χ2n) is 6.39. The van der Waals surface area contributed by atoms with Crippen LogP contribution in [-0.4, -0.2) is 55.5 Å². The molecule has 4 heteroatoms. The maximum atomic E-state index is 12.2. The molecule has 1 aliphatic heterocycles. The fourth-order valence-corrected chi connectivity index (χ4v) is 3.18. The van der Waals surface area contributed by atoms with Crippen molar-refractivity contribution in [2.75, 3.05) is 39.8 Å². The third-order valence-electron chi connectivity index (χ3n) is 5.01. The number of hydrogen-bond acceptors (Lipinski definition) is 3. The highest BCUT2D eigenvalue weighted by Gasteiger charge is 2.30. The van der Waals surface area contributed by atoms with Crippen molar-refractivity contribution in [1.29, 1.82) is 0 Å². The molecule has 0 unspecified atom stereocenters. The van der Waals surface area contributed by atoms with E-state index in [4.69, 9.17) is 4.74 Å². The third kappa shape index (κ3) is 3.61. The highest BCUT2D eigenvalue weighted by atomic mass is 16.5. The van der Waals surface area contributed by atoms with Gasteiger partial charge in [0.1, 0.15) is 5.75 Å². The summed E-state index contributed by atoms with van der Waals surface area (Å²) in [5, 5.41) is 0. The van der Waals surface area contributed by atoms with Crippen LogP contribution in [0.25, 0.3) is 0 Å². The number of ether oxygens (including phenoxy) is 1. The molecule has 120 valence electrons. The first-order valence-electron chi connectivity index (χ1n) is 8.40. The molecule has 1 saturated carbocycles. The van der Waals surface area contributed by atoms with Gasteiger partial charge in [0.05, 0.1) is 7.11 Å². The fourth-order valence-electron chi connectivity index (χ4n) is 3.18. The summed E-state index contributed by atoms with van der Waals surface area (Å²) < 4.78 is 5.18. The van der Waals surface area contributed by atoms with Crippen molar-refractivity contribution in [3.63, 3.8) is 0 Å². The molecule has 0 aromatic heterocycles. The summed E-state index contributed by atoms with van der Waals surface area (Å²) in [6.07, 6.45) is 4.51. The van der Waals surface area contributed by atoms with Gasteiger partial charge in [-0.1, -0.05) is 18.6 Å². The Hall–Kier alpha value is -1.55. The van der Waals surface area contributed by atoms with Crippen molar-refractivity contribution >= 4 is 5.91 Å². The Balaban J connectivity index is 1.40. The second-order valence-corrected chi connectivity index (χ2v) is 6.39. The molecule has 0 bridgehead atoms. The monoisotopic (exact) mass is 302 g/mol. The first-order chi connectivity index (χ1) is 10.8. The number of carbonyl (C=O) groups is 1. The van der Waals surface area contributed by atoms with Crippen LogP contribution in [0.15, 0.2) is 24.3 Å². The number of amides is 1. The average Bonchev–Trinajstić information content (AvgIpc) is 2.52. The largest absolute Gasteiger partial charge is 0.497 e. The number of carbonyl (C=O) groups excluding carboxylic acids is 1. The Bertz CT molecular complexity index is 488. The predicted molar refractivity (Wildman–Crippen MR) is 87.1 cm³/mol. The van der Waals surface area contributed by atoms with Gasteiger partial charge in [-0.15, -0.1) is 0 Å². The van der Waals surface area contributed by atoms with E-state index in [1.54, 1.807) is 7.11 Å². The van der Waals surface area contributed by atoms with Gasteiger partial charge in [0, 0.05) is 38.6 Å². The average molecular weight is 302 g/mol. The lowest BCUT2D eigenvalue weighted by Gasteiger charge is -2.38. The minimum atomic E-state index is 0.339. The molecular weight excluding hydrogens is 276 g/mol. The minimum Gasteiger partial charge on any atom is -0.497 e. The van der Waals surface area contributed by atoms with Crippen LogP contribution < -0.4 is 4.74 Å². The number of rotatable bonds is 5. The number of piperazine rings is 1. The molecule has 2 aliphatic rings. The zero-order valence-electron chi connectivity index (χ0n) is 13.5. The Morgan fingerprint density at radius 1 is 1.14 bits per heavy atom. The lowest BCUT2D eigenvalue weighted by Crippen LogP contribution is -2.51. The van der Waals surface area contributed by atoms with Crippen molar-refractivity contribution in [3.8, 4) is 5.75 Å². The zero-order valence-corrected chi connectivity index (χ0v) is 13.5. The quantitative estimate of drug-likeness (QED) is 0.836. The fraction of sp³-hybridized carbons (Fsp3) is 0.611. The SMILES string of the molecule is COc1ccc(CCN2CCN(C(=O)C3CCC3)CC2)cc1. The van der Waals surface area contributed by atoms with Gasteiger partial charge >= 0.3 is 0 Å². The summed E-state index contributed by atoms with van der Waals surface area (Å²) in [6.45, 7) is 4.89. The zero-order chi connectivity index (χ0) is 15.4. The van der Waals surface area contributed by atoms with Crippen LogP contribution >= 0.6 is 0 Å². The van der Waals surface area contributed by atoms with E-state index >= 15 is 0 Å². The molecule has 1 heterocycles. The van der Waals surface area contributed by atoms with Crippen LogP contribution in [0.2, 0.25) is 0 Å². The molecule has 1 amide bonds. The van der Waals surface area contributed by atoms with Crippen molar-refractivity contribution in [3.05, 3.63) is 29.8 Å². The molecule has 1 saturated heterocycles. The molecule has 2 fully saturated rings. The van der Waals surface area contributed by atoms with Gasteiger partial charge in [-0.05, 0) is 37.0 Å². The third-order valence-corrected chi connectivity index (χ3v) is 5.01. The van der Waals surface area contributed by atoms with E-state index in [0.29, 0.717) is 11.8 Å². The van der Waals surface area contributed by atoms with E-state index in [-0.39, 0.29) is 0 Å². The van der Waals surface area contributed by atoms with Crippen LogP contribution in [0.5, 0.6) is 5.75 Å².